The van der Waals surface area contributed by atoms with Crippen LogP contribution in [0.5, 0.6) is 0 Å². The Morgan fingerprint density at radius 1 is 1.43 bits per heavy atom. The summed E-state index contributed by atoms with van der Waals surface area (Å²) in [4.78, 5) is 8.57. The summed E-state index contributed by atoms with van der Waals surface area (Å²) in [5.41, 5.74) is 0. The average molecular weight is 289 g/mol. The molecule has 1 aliphatic heterocycles. The molecule has 21 heavy (non-hydrogen) atoms. The van der Waals surface area contributed by atoms with Crippen LogP contribution in [0.2, 0.25) is 0 Å². The van der Waals surface area contributed by atoms with E-state index >= 15 is 0 Å². The quantitative estimate of drug-likeness (QED) is 0.852. The van der Waals surface area contributed by atoms with E-state index in [-0.39, 0.29) is 0 Å². The predicted octanol–water partition coefficient (Wildman–Crippen LogP) is 0.815. The summed E-state index contributed by atoms with van der Waals surface area (Å²) in [7, 11) is 0. The van der Waals surface area contributed by atoms with Crippen LogP contribution in [-0.2, 0) is 25.9 Å². The molecule has 0 aromatic carbocycles. The summed E-state index contributed by atoms with van der Waals surface area (Å²) in [6.45, 7) is 6.07. The fraction of sp³-hybridized carbons (Fsp3) is 0.714. The fourth-order valence-electron chi connectivity index (χ4n) is 2.83. The highest BCUT2D eigenvalue weighted by Crippen LogP contribution is 2.14. The Morgan fingerprint density at radius 3 is 3.05 bits per heavy atom. The lowest BCUT2D eigenvalue weighted by Gasteiger charge is -2.28. The van der Waals surface area contributed by atoms with Gasteiger partial charge in [-0.1, -0.05) is 13.8 Å². The maximum atomic E-state index is 4.57. The molecule has 2 atom stereocenters. The topological polar surface area (TPSA) is 73.5 Å². The van der Waals surface area contributed by atoms with Crippen LogP contribution in [0, 0.1) is 0 Å². The third kappa shape index (κ3) is 3.29. The highest BCUT2D eigenvalue weighted by Gasteiger charge is 2.23. The molecule has 2 unspecified atom stereocenters. The Bertz CT molecular complexity index is 560. The summed E-state index contributed by atoms with van der Waals surface area (Å²) in [5, 5.41) is 12.5. The van der Waals surface area contributed by atoms with Crippen molar-refractivity contribution in [1.82, 2.24) is 34.8 Å². The van der Waals surface area contributed by atoms with E-state index in [1.165, 1.54) is 0 Å². The van der Waals surface area contributed by atoms with Gasteiger partial charge in [0.15, 0.2) is 5.82 Å². The second-order valence-corrected chi connectivity index (χ2v) is 5.60. The van der Waals surface area contributed by atoms with Crippen molar-refractivity contribution < 1.29 is 0 Å². The molecule has 0 bridgehead atoms. The molecule has 0 amide bonds. The van der Waals surface area contributed by atoms with Gasteiger partial charge >= 0.3 is 0 Å². The van der Waals surface area contributed by atoms with E-state index in [9.17, 15) is 0 Å². The van der Waals surface area contributed by atoms with E-state index in [1.807, 2.05) is 4.68 Å². The molecule has 3 heterocycles. The van der Waals surface area contributed by atoms with E-state index in [2.05, 4.69) is 44.0 Å². The van der Waals surface area contributed by atoms with E-state index in [0.29, 0.717) is 12.1 Å². The van der Waals surface area contributed by atoms with E-state index < -0.39 is 0 Å². The first-order chi connectivity index (χ1) is 10.3. The predicted molar refractivity (Wildman–Crippen MR) is 78.7 cm³/mol. The number of hydrogen-bond donors (Lipinski definition) is 1. The Labute approximate surface area is 124 Å². The van der Waals surface area contributed by atoms with Crippen LogP contribution in [0.15, 0.2) is 12.7 Å². The molecule has 0 aliphatic carbocycles. The van der Waals surface area contributed by atoms with Crippen LogP contribution in [-0.4, -0.2) is 41.6 Å². The lowest BCUT2D eigenvalue weighted by atomic mass is 10.1. The Hall–Kier alpha value is -1.76. The second kappa shape index (κ2) is 6.34. The van der Waals surface area contributed by atoms with Crippen molar-refractivity contribution in [2.75, 3.05) is 0 Å². The molecule has 0 saturated heterocycles. The molecule has 2 aromatic heterocycles. The number of fused-ring (bicyclic) bond motifs is 1. The zero-order valence-electron chi connectivity index (χ0n) is 12.7. The van der Waals surface area contributed by atoms with Crippen molar-refractivity contribution in [2.24, 2.45) is 0 Å². The minimum Gasteiger partial charge on any atom is -0.308 e. The smallest absolute Gasteiger partial charge is 0.150 e. The Kier molecular flexibility index (Phi) is 4.28. The summed E-state index contributed by atoms with van der Waals surface area (Å²) in [6.07, 6.45) is 7.46. The molecule has 7 heteroatoms. The Balaban J connectivity index is 1.60. The molecule has 7 nitrogen and oxygen atoms in total. The van der Waals surface area contributed by atoms with Crippen LogP contribution in [0.1, 0.15) is 38.3 Å². The first-order valence-corrected chi connectivity index (χ1v) is 7.79. The van der Waals surface area contributed by atoms with Crippen molar-refractivity contribution in [3.63, 3.8) is 0 Å². The molecular weight excluding hydrogens is 266 g/mol. The van der Waals surface area contributed by atoms with E-state index in [1.54, 1.807) is 12.7 Å². The van der Waals surface area contributed by atoms with Gasteiger partial charge in [0, 0.05) is 24.9 Å². The van der Waals surface area contributed by atoms with Gasteiger partial charge in [0.05, 0.1) is 13.1 Å². The third-order valence-corrected chi connectivity index (χ3v) is 4.06. The van der Waals surface area contributed by atoms with Gasteiger partial charge in [-0.05, 0) is 12.8 Å². The van der Waals surface area contributed by atoms with Crippen molar-refractivity contribution in [3.05, 3.63) is 24.3 Å². The largest absolute Gasteiger partial charge is 0.308 e. The first-order valence-electron chi connectivity index (χ1n) is 7.79. The van der Waals surface area contributed by atoms with Crippen LogP contribution < -0.4 is 5.32 Å². The highest BCUT2D eigenvalue weighted by molar-refractivity contribution is 4.98. The summed E-state index contributed by atoms with van der Waals surface area (Å²) < 4.78 is 3.96. The number of aromatic nitrogens is 6. The van der Waals surface area contributed by atoms with Crippen LogP contribution >= 0.6 is 0 Å². The number of nitrogens with one attached hydrogen (secondary N) is 1. The normalized spacial score (nSPS) is 19.4. The van der Waals surface area contributed by atoms with Crippen molar-refractivity contribution in [2.45, 2.75) is 64.7 Å². The maximum Gasteiger partial charge on any atom is 0.150 e. The molecule has 0 spiro atoms. The van der Waals surface area contributed by atoms with Crippen molar-refractivity contribution >= 4 is 0 Å². The maximum absolute atomic E-state index is 4.57. The Morgan fingerprint density at radius 2 is 2.33 bits per heavy atom. The van der Waals surface area contributed by atoms with E-state index in [4.69, 9.17) is 0 Å². The molecular formula is C14H23N7. The van der Waals surface area contributed by atoms with Gasteiger partial charge < -0.3 is 5.32 Å². The zero-order chi connectivity index (χ0) is 14.7. The molecule has 2 aromatic rings. The molecule has 1 aliphatic rings. The molecule has 0 radical (unpaired) electrons. The van der Waals surface area contributed by atoms with Gasteiger partial charge in [-0.25, -0.2) is 14.6 Å². The zero-order valence-corrected chi connectivity index (χ0v) is 12.7. The molecule has 1 N–H and O–H groups in total. The van der Waals surface area contributed by atoms with Crippen molar-refractivity contribution in [1.29, 1.82) is 0 Å². The lowest BCUT2D eigenvalue weighted by molar-refractivity contribution is 0.299. The van der Waals surface area contributed by atoms with E-state index in [0.717, 1.165) is 50.4 Å². The number of rotatable bonds is 6. The van der Waals surface area contributed by atoms with Gasteiger partial charge in [-0.15, -0.1) is 0 Å². The monoisotopic (exact) mass is 289 g/mol. The standard InChI is InChI=1S/C14H23N7/c1-3-11(7-20-10-15-9-16-20)17-12-5-6-14-18-13(4-2)19-21(14)8-12/h9-12,17H,3-8H2,1-2H3. The third-order valence-electron chi connectivity index (χ3n) is 4.06. The summed E-state index contributed by atoms with van der Waals surface area (Å²) in [6, 6.07) is 0.866. The van der Waals surface area contributed by atoms with Crippen molar-refractivity contribution in [3.8, 4) is 0 Å². The van der Waals surface area contributed by atoms with Crippen LogP contribution in [0.4, 0.5) is 0 Å². The highest BCUT2D eigenvalue weighted by atomic mass is 15.4. The number of nitrogens with zero attached hydrogens (tertiary/aromatic N) is 6. The minimum absolute atomic E-state index is 0.410. The van der Waals surface area contributed by atoms with Crippen LogP contribution in [0.25, 0.3) is 0 Å². The molecule has 0 saturated carbocycles. The average Bonchev–Trinajstić information content (AvgIpc) is 3.14. The van der Waals surface area contributed by atoms with Gasteiger partial charge in [0.1, 0.15) is 18.5 Å². The molecule has 0 fully saturated rings. The van der Waals surface area contributed by atoms with Gasteiger partial charge in [0.2, 0.25) is 0 Å². The fourth-order valence-corrected chi connectivity index (χ4v) is 2.83. The van der Waals surface area contributed by atoms with Crippen LogP contribution in [0.3, 0.4) is 0 Å². The number of hydrogen-bond acceptors (Lipinski definition) is 5. The molecule has 114 valence electrons. The van der Waals surface area contributed by atoms with Gasteiger partial charge in [-0.3, -0.25) is 4.68 Å². The first kappa shape index (κ1) is 14.2. The lowest BCUT2D eigenvalue weighted by Crippen LogP contribution is -2.45. The minimum atomic E-state index is 0.410. The SMILES string of the molecule is CCc1nc2n(n1)CC(NC(CC)Cn1cncn1)CC2. The summed E-state index contributed by atoms with van der Waals surface area (Å²) in [5.74, 6) is 2.09. The number of aryl methyl sites for hydroxylation is 2. The second-order valence-electron chi connectivity index (χ2n) is 5.60. The molecule has 3 rings (SSSR count). The van der Waals surface area contributed by atoms with Gasteiger partial charge in [0.25, 0.3) is 0 Å². The summed E-state index contributed by atoms with van der Waals surface area (Å²) >= 11 is 0. The van der Waals surface area contributed by atoms with Gasteiger partial charge in [-0.2, -0.15) is 10.2 Å².